The van der Waals surface area contributed by atoms with Crippen LogP contribution in [0.5, 0.6) is 5.75 Å². The first-order valence-electron chi connectivity index (χ1n) is 10.8. The number of rotatable bonds is 7. The molecule has 0 aliphatic carbocycles. The third-order valence-electron chi connectivity index (χ3n) is 5.68. The monoisotopic (exact) mass is 474 g/mol. The molecule has 3 aromatic carbocycles. The highest BCUT2D eigenvalue weighted by atomic mass is 32.2. The second-order valence-corrected chi connectivity index (χ2v) is 9.77. The van der Waals surface area contributed by atoms with Crippen molar-refractivity contribution in [2.24, 2.45) is 0 Å². The maximum atomic E-state index is 12.7. The molecule has 0 saturated carbocycles. The van der Waals surface area contributed by atoms with Crippen molar-refractivity contribution in [3.63, 3.8) is 0 Å². The maximum absolute atomic E-state index is 12.7. The normalized spacial score (nSPS) is 14.3. The fraction of sp³-hybridized carbons (Fsp3) is 0.154. The lowest BCUT2D eigenvalue weighted by Gasteiger charge is -2.15. The van der Waals surface area contributed by atoms with E-state index in [1.54, 1.807) is 36.4 Å². The average Bonchev–Trinajstić information content (AvgIpc) is 3.31. The van der Waals surface area contributed by atoms with Gasteiger partial charge in [-0.3, -0.25) is 4.79 Å². The summed E-state index contributed by atoms with van der Waals surface area (Å²) in [6.07, 6.45) is 0.586. The van der Waals surface area contributed by atoms with Crippen molar-refractivity contribution in [2.75, 3.05) is 6.61 Å². The molecule has 4 aromatic rings. The van der Waals surface area contributed by atoms with Crippen molar-refractivity contribution < 1.29 is 22.4 Å². The molecule has 1 aromatic heterocycles. The highest BCUT2D eigenvalue weighted by molar-refractivity contribution is 7.90. The predicted molar refractivity (Wildman–Crippen MR) is 126 cm³/mol. The van der Waals surface area contributed by atoms with Gasteiger partial charge in [-0.2, -0.15) is 0 Å². The Balaban J connectivity index is 1.20. The first kappa shape index (κ1) is 21.9. The fourth-order valence-corrected chi connectivity index (χ4v) is 5.43. The number of hydrogen-bond acceptors (Lipinski definition) is 6. The molecule has 0 atom stereocenters. The van der Waals surface area contributed by atoms with E-state index < -0.39 is 15.9 Å². The molecule has 0 bridgehead atoms. The van der Waals surface area contributed by atoms with E-state index in [0.717, 1.165) is 21.3 Å². The third-order valence-corrected chi connectivity index (χ3v) is 7.47. The molecule has 34 heavy (non-hydrogen) atoms. The van der Waals surface area contributed by atoms with Crippen LogP contribution in [0.1, 0.15) is 27.4 Å². The Morgan fingerprint density at radius 1 is 0.941 bits per heavy atom. The van der Waals surface area contributed by atoms with Crippen LogP contribution < -0.4 is 4.74 Å². The first-order valence-corrected chi connectivity index (χ1v) is 12.3. The summed E-state index contributed by atoms with van der Waals surface area (Å²) in [6.45, 7) is 2.27. The number of carbonyl (C=O) groups is 1. The van der Waals surface area contributed by atoms with Crippen molar-refractivity contribution in [1.82, 2.24) is 9.29 Å². The number of carbonyl (C=O) groups excluding carboxylic acids is 1. The van der Waals surface area contributed by atoms with Crippen LogP contribution in [0, 0.1) is 6.92 Å². The lowest BCUT2D eigenvalue weighted by molar-refractivity contribution is 0.0865. The van der Waals surface area contributed by atoms with Crippen molar-refractivity contribution in [2.45, 2.75) is 24.8 Å². The average molecular weight is 475 g/mol. The second-order valence-electron chi connectivity index (χ2n) is 7.94. The number of fused-ring (bicyclic) bond motifs is 1. The molecule has 172 valence electrons. The Morgan fingerprint density at radius 3 is 2.38 bits per heavy atom. The molecule has 0 saturated heterocycles. The molecule has 0 fully saturated rings. The van der Waals surface area contributed by atoms with E-state index in [0.29, 0.717) is 30.2 Å². The van der Waals surface area contributed by atoms with Gasteiger partial charge in [-0.1, -0.05) is 42.5 Å². The summed E-state index contributed by atoms with van der Waals surface area (Å²) < 4.78 is 38.0. The van der Waals surface area contributed by atoms with Gasteiger partial charge in [0.25, 0.3) is 15.9 Å². The number of aromatic nitrogens is 1. The Hall–Kier alpha value is -3.91. The number of ether oxygens (including phenoxy) is 1. The zero-order chi connectivity index (χ0) is 23.7. The van der Waals surface area contributed by atoms with Gasteiger partial charge in [-0.05, 0) is 48.9 Å². The number of nitrogens with zero attached hydrogens (tertiary/aromatic N) is 2. The van der Waals surface area contributed by atoms with E-state index in [4.69, 9.17) is 9.15 Å². The maximum Gasteiger partial charge on any atom is 0.269 e. The van der Waals surface area contributed by atoms with Gasteiger partial charge in [0.1, 0.15) is 16.4 Å². The number of hydrogen-bond donors (Lipinski definition) is 0. The van der Waals surface area contributed by atoms with Crippen LogP contribution in [-0.4, -0.2) is 30.2 Å². The Bertz CT molecular complexity index is 1440. The molecule has 8 heteroatoms. The van der Waals surface area contributed by atoms with Gasteiger partial charge < -0.3 is 9.15 Å². The lowest BCUT2D eigenvalue weighted by Crippen LogP contribution is -2.29. The highest BCUT2D eigenvalue weighted by Crippen LogP contribution is 2.31. The summed E-state index contributed by atoms with van der Waals surface area (Å²) >= 11 is 0. The van der Waals surface area contributed by atoms with E-state index >= 15 is 0 Å². The number of aryl methyl sites for hydroxylation is 1. The summed E-state index contributed by atoms with van der Waals surface area (Å²) in [6, 6.07) is 23.0. The smallest absolute Gasteiger partial charge is 0.269 e. The SMILES string of the molecule is Cc1oc(-c2ccccc2)nc1CCOc1ccc(CN2C(=O)c3ccccc3S2(=O)=O)cc1. The highest BCUT2D eigenvalue weighted by Gasteiger charge is 2.40. The standard InChI is InChI=1S/C26H22N2O5S/c1-18-23(27-25(33-18)20-7-3-2-4-8-20)15-16-32-21-13-11-19(12-14-21)17-28-26(29)22-9-5-6-10-24(22)34(28,30)31/h2-14H,15-17H2,1H3. The molecule has 5 rings (SSSR count). The van der Waals surface area contributed by atoms with Gasteiger partial charge >= 0.3 is 0 Å². The van der Waals surface area contributed by atoms with Crippen LogP contribution in [-0.2, 0) is 23.0 Å². The number of sulfonamides is 1. The van der Waals surface area contributed by atoms with E-state index in [1.807, 2.05) is 37.3 Å². The van der Waals surface area contributed by atoms with Crippen LogP contribution in [0.15, 0.2) is 88.2 Å². The first-order chi connectivity index (χ1) is 16.4. The second kappa shape index (κ2) is 8.79. The minimum atomic E-state index is -3.83. The van der Waals surface area contributed by atoms with Gasteiger partial charge in [-0.25, -0.2) is 17.7 Å². The van der Waals surface area contributed by atoms with Crippen molar-refractivity contribution in [3.05, 3.63) is 101 Å². The molecule has 1 amide bonds. The predicted octanol–water partition coefficient (Wildman–Crippen LogP) is 4.62. The number of benzene rings is 3. The van der Waals surface area contributed by atoms with Crippen LogP contribution in [0.25, 0.3) is 11.5 Å². The molecular weight excluding hydrogens is 452 g/mol. The third kappa shape index (κ3) is 4.08. The molecule has 2 heterocycles. The molecule has 0 unspecified atom stereocenters. The molecular formula is C26H22N2O5S. The van der Waals surface area contributed by atoms with Crippen LogP contribution in [0.4, 0.5) is 0 Å². The molecule has 0 N–H and O–H groups in total. The molecule has 7 nitrogen and oxygen atoms in total. The summed E-state index contributed by atoms with van der Waals surface area (Å²) in [4.78, 5) is 17.2. The molecule has 0 radical (unpaired) electrons. The fourth-order valence-electron chi connectivity index (χ4n) is 3.87. The van der Waals surface area contributed by atoms with Crippen LogP contribution in [0.2, 0.25) is 0 Å². The van der Waals surface area contributed by atoms with E-state index in [9.17, 15) is 13.2 Å². The summed E-state index contributed by atoms with van der Waals surface area (Å²) in [5.74, 6) is 1.49. The van der Waals surface area contributed by atoms with Gasteiger partial charge in [0.2, 0.25) is 5.89 Å². The minimum Gasteiger partial charge on any atom is -0.493 e. The topological polar surface area (TPSA) is 89.7 Å². The lowest BCUT2D eigenvalue weighted by atomic mass is 10.2. The molecule has 0 spiro atoms. The van der Waals surface area contributed by atoms with Crippen molar-refractivity contribution >= 4 is 15.9 Å². The quantitative estimate of drug-likeness (QED) is 0.388. The van der Waals surface area contributed by atoms with E-state index in [1.165, 1.54) is 12.1 Å². The zero-order valence-electron chi connectivity index (χ0n) is 18.5. The Morgan fingerprint density at radius 2 is 1.65 bits per heavy atom. The Labute approximate surface area is 197 Å². The van der Waals surface area contributed by atoms with Crippen LogP contribution in [0.3, 0.4) is 0 Å². The summed E-state index contributed by atoms with van der Waals surface area (Å²) in [5.41, 5.74) is 2.67. The Kier molecular flexibility index (Phi) is 5.67. The molecule has 1 aliphatic rings. The van der Waals surface area contributed by atoms with Gasteiger partial charge in [-0.15, -0.1) is 0 Å². The van der Waals surface area contributed by atoms with E-state index in [-0.39, 0.29) is 17.0 Å². The van der Waals surface area contributed by atoms with Crippen LogP contribution >= 0.6 is 0 Å². The van der Waals surface area contributed by atoms with E-state index in [2.05, 4.69) is 4.98 Å². The zero-order valence-corrected chi connectivity index (χ0v) is 19.3. The van der Waals surface area contributed by atoms with Crippen molar-refractivity contribution in [1.29, 1.82) is 0 Å². The summed E-state index contributed by atoms with van der Waals surface area (Å²) in [7, 11) is -3.83. The summed E-state index contributed by atoms with van der Waals surface area (Å²) in [5, 5.41) is 0. The van der Waals surface area contributed by atoms with Gasteiger partial charge in [0.05, 0.1) is 24.4 Å². The largest absolute Gasteiger partial charge is 0.493 e. The number of amides is 1. The molecule has 1 aliphatic heterocycles. The van der Waals surface area contributed by atoms with Gasteiger partial charge in [0, 0.05) is 12.0 Å². The van der Waals surface area contributed by atoms with Gasteiger partial charge in [0.15, 0.2) is 0 Å². The minimum absolute atomic E-state index is 0.0312. The number of oxazole rings is 1. The van der Waals surface area contributed by atoms with Crippen molar-refractivity contribution in [3.8, 4) is 17.2 Å².